The summed E-state index contributed by atoms with van der Waals surface area (Å²) in [5.74, 6) is 0. The lowest BCUT2D eigenvalue weighted by atomic mass is 10.2. The second-order valence-electron chi connectivity index (χ2n) is 3.83. The highest BCUT2D eigenvalue weighted by atomic mass is 32.2. The second kappa shape index (κ2) is 5.25. The van der Waals surface area contributed by atoms with Crippen LogP contribution < -0.4 is 5.73 Å². The van der Waals surface area contributed by atoms with Gasteiger partial charge >= 0.3 is 0 Å². The summed E-state index contributed by atoms with van der Waals surface area (Å²) in [6, 6.07) is 3.82. The Morgan fingerprint density at radius 3 is 2.59 bits per heavy atom. The van der Waals surface area contributed by atoms with E-state index in [0.717, 1.165) is 16.2 Å². The van der Waals surface area contributed by atoms with E-state index in [1.54, 1.807) is 18.6 Å². The molecule has 1 atom stereocenters. The quantitative estimate of drug-likeness (QED) is 0.842. The number of rotatable bonds is 3. The maximum Gasteiger partial charge on any atom is 0.193 e. The average molecular weight is 246 g/mol. The SMILES string of the molecule is Cc1cnc(Sc2ncccc2[C@@H](C)N)nc1. The lowest BCUT2D eigenvalue weighted by molar-refractivity contribution is 0.778. The molecule has 0 saturated carbocycles. The maximum absolute atomic E-state index is 5.90. The van der Waals surface area contributed by atoms with Crippen LogP contribution in [-0.2, 0) is 0 Å². The monoisotopic (exact) mass is 246 g/mol. The van der Waals surface area contributed by atoms with Crippen molar-refractivity contribution >= 4 is 11.8 Å². The molecule has 0 aromatic carbocycles. The van der Waals surface area contributed by atoms with E-state index in [-0.39, 0.29) is 6.04 Å². The molecule has 0 fully saturated rings. The van der Waals surface area contributed by atoms with Crippen LogP contribution in [0.1, 0.15) is 24.1 Å². The average Bonchev–Trinajstić information content (AvgIpc) is 2.32. The molecule has 0 amide bonds. The van der Waals surface area contributed by atoms with E-state index in [0.29, 0.717) is 5.16 Å². The molecule has 0 aliphatic carbocycles. The highest BCUT2D eigenvalue weighted by molar-refractivity contribution is 7.99. The Kier molecular flexibility index (Phi) is 3.71. The summed E-state index contributed by atoms with van der Waals surface area (Å²) in [4.78, 5) is 12.8. The molecule has 0 unspecified atom stereocenters. The fraction of sp³-hybridized carbons (Fsp3) is 0.250. The Bertz CT molecular complexity index is 496. The van der Waals surface area contributed by atoms with Gasteiger partial charge in [-0.2, -0.15) is 0 Å². The van der Waals surface area contributed by atoms with E-state index in [1.165, 1.54) is 11.8 Å². The standard InChI is InChI=1S/C12H14N4S/c1-8-6-15-12(16-7-8)17-11-10(9(2)13)4-3-5-14-11/h3-7,9H,13H2,1-2H3/t9-/m1/s1. The Morgan fingerprint density at radius 2 is 1.94 bits per heavy atom. The second-order valence-corrected chi connectivity index (χ2v) is 4.79. The van der Waals surface area contributed by atoms with Crippen LogP contribution in [-0.4, -0.2) is 15.0 Å². The Morgan fingerprint density at radius 1 is 1.24 bits per heavy atom. The molecule has 0 aliphatic heterocycles. The number of aryl methyl sites for hydroxylation is 1. The third kappa shape index (κ3) is 3.01. The third-order valence-electron chi connectivity index (χ3n) is 2.24. The van der Waals surface area contributed by atoms with Crippen molar-refractivity contribution in [2.45, 2.75) is 30.1 Å². The molecule has 2 N–H and O–H groups in total. The molecule has 0 saturated heterocycles. The van der Waals surface area contributed by atoms with Gasteiger partial charge in [-0.05, 0) is 37.2 Å². The minimum absolute atomic E-state index is 0.0448. The fourth-order valence-corrected chi connectivity index (χ4v) is 2.22. The van der Waals surface area contributed by atoms with Crippen molar-refractivity contribution < 1.29 is 0 Å². The van der Waals surface area contributed by atoms with Gasteiger partial charge in [0.05, 0.1) is 0 Å². The van der Waals surface area contributed by atoms with Crippen LogP contribution >= 0.6 is 11.8 Å². The zero-order chi connectivity index (χ0) is 12.3. The summed E-state index contributed by atoms with van der Waals surface area (Å²) in [7, 11) is 0. The molecule has 5 heteroatoms. The first-order valence-corrected chi connectivity index (χ1v) is 6.15. The van der Waals surface area contributed by atoms with Crippen LogP contribution in [0.4, 0.5) is 0 Å². The number of nitrogens with zero attached hydrogens (tertiary/aromatic N) is 3. The molecule has 2 aromatic rings. The topological polar surface area (TPSA) is 64.7 Å². The van der Waals surface area contributed by atoms with Crippen LogP contribution in [0.3, 0.4) is 0 Å². The van der Waals surface area contributed by atoms with Crippen molar-refractivity contribution in [2.75, 3.05) is 0 Å². The van der Waals surface area contributed by atoms with E-state index < -0.39 is 0 Å². The molecule has 88 valence electrons. The first kappa shape index (κ1) is 12.0. The van der Waals surface area contributed by atoms with E-state index in [2.05, 4.69) is 15.0 Å². The first-order valence-electron chi connectivity index (χ1n) is 5.34. The van der Waals surface area contributed by atoms with Gasteiger partial charge in [-0.3, -0.25) is 0 Å². The molecule has 0 spiro atoms. The molecular formula is C12H14N4S. The third-order valence-corrected chi connectivity index (χ3v) is 3.16. The predicted octanol–water partition coefficient (Wildman–Crippen LogP) is 2.35. The van der Waals surface area contributed by atoms with Crippen molar-refractivity contribution in [3.8, 4) is 0 Å². The molecule has 2 aromatic heterocycles. The largest absolute Gasteiger partial charge is 0.324 e. The summed E-state index contributed by atoms with van der Waals surface area (Å²) >= 11 is 1.44. The normalized spacial score (nSPS) is 12.4. The zero-order valence-electron chi connectivity index (χ0n) is 9.79. The summed E-state index contributed by atoms with van der Waals surface area (Å²) in [6.07, 6.45) is 5.34. The minimum Gasteiger partial charge on any atom is -0.324 e. The maximum atomic E-state index is 5.90. The smallest absolute Gasteiger partial charge is 0.193 e. The van der Waals surface area contributed by atoms with Gasteiger partial charge in [0.2, 0.25) is 0 Å². The molecule has 2 rings (SSSR count). The van der Waals surface area contributed by atoms with Gasteiger partial charge in [-0.15, -0.1) is 0 Å². The van der Waals surface area contributed by atoms with Crippen molar-refractivity contribution in [3.05, 3.63) is 41.9 Å². The molecule has 2 heterocycles. The molecule has 0 aliphatic rings. The van der Waals surface area contributed by atoms with Crippen LogP contribution in [0.5, 0.6) is 0 Å². The van der Waals surface area contributed by atoms with Gasteiger partial charge in [0.15, 0.2) is 5.16 Å². The van der Waals surface area contributed by atoms with Gasteiger partial charge in [-0.25, -0.2) is 15.0 Å². The molecular weight excluding hydrogens is 232 g/mol. The minimum atomic E-state index is -0.0448. The first-order chi connectivity index (χ1) is 8.16. The molecule has 17 heavy (non-hydrogen) atoms. The Hall–Kier alpha value is -1.46. The van der Waals surface area contributed by atoms with Crippen molar-refractivity contribution in [3.63, 3.8) is 0 Å². The fourth-order valence-electron chi connectivity index (χ4n) is 1.35. The number of aromatic nitrogens is 3. The van der Waals surface area contributed by atoms with Gasteiger partial charge in [0, 0.05) is 30.2 Å². The van der Waals surface area contributed by atoms with Crippen LogP contribution in [0, 0.1) is 6.92 Å². The zero-order valence-corrected chi connectivity index (χ0v) is 10.6. The summed E-state index contributed by atoms with van der Waals surface area (Å²) in [5.41, 5.74) is 7.96. The van der Waals surface area contributed by atoms with Gasteiger partial charge in [0.1, 0.15) is 5.03 Å². The van der Waals surface area contributed by atoms with Crippen molar-refractivity contribution in [1.82, 2.24) is 15.0 Å². The number of pyridine rings is 1. The van der Waals surface area contributed by atoms with E-state index in [9.17, 15) is 0 Å². The van der Waals surface area contributed by atoms with Gasteiger partial charge in [-0.1, -0.05) is 6.07 Å². The molecule has 4 nitrogen and oxygen atoms in total. The highest BCUT2D eigenvalue weighted by Gasteiger charge is 2.10. The van der Waals surface area contributed by atoms with Crippen molar-refractivity contribution in [1.29, 1.82) is 0 Å². The van der Waals surface area contributed by atoms with Crippen LogP contribution in [0.2, 0.25) is 0 Å². The van der Waals surface area contributed by atoms with Crippen LogP contribution in [0.15, 0.2) is 40.9 Å². The number of hydrogen-bond acceptors (Lipinski definition) is 5. The molecule has 0 radical (unpaired) electrons. The Labute approximate surface area is 105 Å². The lowest BCUT2D eigenvalue weighted by Gasteiger charge is -2.09. The predicted molar refractivity (Wildman–Crippen MR) is 67.7 cm³/mol. The van der Waals surface area contributed by atoms with E-state index >= 15 is 0 Å². The summed E-state index contributed by atoms with van der Waals surface area (Å²) in [5, 5.41) is 1.56. The summed E-state index contributed by atoms with van der Waals surface area (Å²) < 4.78 is 0. The lowest BCUT2D eigenvalue weighted by Crippen LogP contribution is -2.07. The molecule has 0 bridgehead atoms. The Balaban J connectivity index is 2.26. The van der Waals surface area contributed by atoms with Gasteiger partial charge < -0.3 is 5.73 Å². The number of nitrogens with two attached hydrogens (primary N) is 1. The highest BCUT2D eigenvalue weighted by Crippen LogP contribution is 2.28. The van der Waals surface area contributed by atoms with E-state index in [4.69, 9.17) is 5.73 Å². The summed E-state index contributed by atoms with van der Waals surface area (Å²) in [6.45, 7) is 3.90. The number of hydrogen-bond donors (Lipinski definition) is 1. The van der Waals surface area contributed by atoms with E-state index in [1.807, 2.05) is 26.0 Å². The van der Waals surface area contributed by atoms with Gasteiger partial charge in [0.25, 0.3) is 0 Å². The van der Waals surface area contributed by atoms with Crippen LogP contribution in [0.25, 0.3) is 0 Å². The van der Waals surface area contributed by atoms with Crippen molar-refractivity contribution in [2.24, 2.45) is 5.73 Å².